The highest BCUT2D eigenvalue weighted by atomic mass is 16.6. The fourth-order valence-corrected chi connectivity index (χ4v) is 5.34. The van der Waals surface area contributed by atoms with Crippen LogP contribution in [0.15, 0.2) is 24.3 Å². The van der Waals surface area contributed by atoms with Crippen LogP contribution in [-0.4, -0.2) is 71.2 Å². The number of hydrogen-bond acceptors (Lipinski definition) is 5. The minimum Gasteiger partial charge on any atom is -0.497 e. The number of aryl methyl sites for hydroxylation is 1. The molecular weight excluding hydrogens is 436 g/mol. The van der Waals surface area contributed by atoms with Crippen LogP contribution in [0.4, 0.5) is 4.79 Å². The third kappa shape index (κ3) is 4.69. The number of hydrogen-bond donors (Lipinski definition) is 1. The number of fused-ring (bicyclic) bond motifs is 1. The van der Waals surface area contributed by atoms with E-state index < -0.39 is 12.2 Å². The van der Waals surface area contributed by atoms with E-state index in [-0.39, 0.29) is 23.8 Å². The quantitative estimate of drug-likeness (QED) is 0.723. The van der Waals surface area contributed by atoms with E-state index in [2.05, 4.69) is 0 Å². The molecule has 2 aliphatic rings. The molecule has 184 valence electrons. The number of methoxy groups -OCH3 is 1. The summed E-state index contributed by atoms with van der Waals surface area (Å²) in [7, 11) is 3.49. The molecule has 4 rings (SSSR count). The number of rotatable bonds is 5. The number of ether oxygens (including phenoxy) is 2. The van der Waals surface area contributed by atoms with Gasteiger partial charge in [-0.1, -0.05) is 19.3 Å². The molecule has 0 spiro atoms. The molecule has 1 saturated carbocycles. The number of aromatic nitrogens is 1. The summed E-state index contributed by atoms with van der Waals surface area (Å²) in [5.74, 6) is 0.450. The maximum atomic E-state index is 13.4. The fraction of sp³-hybridized carbons (Fsp3) is 0.560. The molecule has 3 amide bonds. The Bertz CT molecular complexity index is 1070. The van der Waals surface area contributed by atoms with Crippen molar-refractivity contribution in [2.75, 3.05) is 26.7 Å². The molecule has 2 N–H and O–H groups in total. The van der Waals surface area contributed by atoms with Crippen LogP contribution in [0.5, 0.6) is 5.75 Å². The average Bonchev–Trinajstić information content (AvgIpc) is 3.17. The molecule has 1 aliphatic carbocycles. The summed E-state index contributed by atoms with van der Waals surface area (Å²) in [6.45, 7) is 3.11. The Labute approximate surface area is 199 Å². The zero-order valence-corrected chi connectivity index (χ0v) is 20.2. The summed E-state index contributed by atoms with van der Waals surface area (Å²) < 4.78 is 12.5. The zero-order chi connectivity index (χ0) is 24.4. The van der Waals surface area contributed by atoms with Crippen molar-refractivity contribution >= 4 is 28.8 Å². The largest absolute Gasteiger partial charge is 0.497 e. The van der Waals surface area contributed by atoms with Crippen LogP contribution in [0.3, 0.4) is 0 Å². The van der Waals surface area contributed by atoms with Crippen molar-refractivity contribution in [2.24, 2.45) is 18.7 Å². The Morgan fingerprint density at radius 2 is 1.82 bits per heavy atom. The van der Waals surface area contributed by atoms with Gasteiger partial charge in [0.1, 0.15) is 11.4 Å². The number of primary amides is 1. The fourth-order valence-electron chi connectivity index (χ4n) is 5.34. The standard InChI is InChI=1S/C25H34N4O5/c1-16-15-28(24(31)22(34-25(26)32)17-7-5-4-6-8-17)11-12-29(16)23(30)21-13-18-9-10-19(33-3)14-20(18)27(21)2/h9-10,13-14,16-17,22H,4-8,11-12,15H2,1-3H3,(H2,26,32)/t16-,22?/m0/s1. The van der Waals surface area contributed by atoms with Gasteiger partial charge in [-0.05, 0) is 38.0 Å². The molecule has 2 atom stereocenters. The second kappa shape index (κ2) is 9.95. The average molecular weight is 471 g/mol. The van der Waals surface area contributed by atoms with Gasteiger partial charge in [-0.2, -0.15) is 0 Å². The van der Waals surface area contributed by atoms with Crippen molar-refractivity contribution in [2.45, 2.75) is 51.2 Å². The first-order chi connectivity index (χ1) is 16.3. The van der Waals surface area contributed by atoms with Gasteiger partial charge >= 0.3 is 6.09 Å². The van der Waals surface area contributed by atoms with Gasteiger partial charge in [0.2, 0.25) is 0 Å². The summed E-state index contributed by atoms with van der Waals surface area (Å²) in [4.78, 5) is 41.8. The SMILES string of the molecule is COc1ccc2cc(C(=O)N3CCN(C(=O)C(OC(N)=O)C4CCCCC4)C[C@@H]3C)n(C)c2c1. The molecular formula is C25H34N4O5. The van der Waals surface area contributed by atoms with Crippen molar-refractivity contribution in [1.82, 2.24) is 14.4 Å². The molecule has 9 nitrogen and oxygen atoms in total. The zero-order valence-electron chi connectivity index (χ0n) is 20.2. The van der Waals surface area contributed by atoms with Gasteiger partial charge in [0.05, 0.1) is 12.6 Å². The summed E-state index contributed by atoms with van der Waals surface area (Å²) in [5.41, 5.74) is 6.80. The van der Waals surface area contributed by atoms with Crippen LogP contribution in [-0.2, 0) is 16.6 Å². The van der Waals surface area contributed by atoms with Gasteiger partial charge in [-0.25, -0.2) is 4.79 Å². The highest BCUT2D eigenvalue weighted by molar-refractivity contribution is 5.99. The van der Waals surface area contributed by atoms with Gasteiger partial charge in [-0.3, -0.25) is 9.59 Å². The van der Waals surface area contributed by atoms with Gasteiger partial charge in [0.25, 0.3) is 11.8 Å². The predicted octanol–water partition coefficient (Wildman–Crippen LogP) is 2.90. The number of amides is 3. The highest BCUT2D eigenvalue weighted by Gasteiger charge is 2.39. The Kier molecular flexibility index (Phi) is 7.00. The van der Waals surface area contributed by atoms with Crippen LogP contribution in [0.1, 0.15) is 49.5 Å². The van der Waals surface area contributed by atoms with E-state index >= 15 is 0 Å². The predicted molar refractivity (Wildman–Crippen MR) is 128 cm³/mol. The van der Waals surface area contributed by atoms with Gasteiger partial charge < -0.3 is 29.6 Å². The van der Waals surface area contributed by atoms with E-state index in [1.165, 1.54) is 0 Å². The molecule has 9 heteroatoms. The normalized spacial score (nSPS) is 20.3. The number of nitrogens with zero attached hydrogens (tertiary/aromatic N) is 3. The van der Waals surface area contributed by atoms with Crippen LogP contribution in [0.25, 0.3) is 10.9 Å². The molecule has 2 heterocycles. The summed E-state index contributed by atoms with van der Waals surface area (Å²) in [6, 6.07) is 7.44. The number of piperazine rings is 1. The lowest BCUT2D eigenvalue weighted by Gasteiger charge is -2.41. The topological polar surface area (TPSA) is 107 Å². The second-order valence-electron chi connectivity index (χ2n) is 9.40. The Morgan fingerprint density at radius 1 is 1.09 bits per heavy atom. The first kappa shape index (κ1) is 23.9. The monoisotopic (exact) mass is 470 g/mol. The molecule has 2 aromatic rings. The molecule has 1 aromatic carbocycles. The maximum Gasteiger partial charge on any atom is 0.405 e. The van der Waals surface area contributed by atoms with Gasteiger partial charge in [-0.15, -0.1) is 0 Å². The van der Waals surface area contributed by atoms with Crippen molar-refractivity contribution in [3.8, 4) is 5.75 Å². The number of nitrogens with two attached hydrogens (primary N) is 1. The third-order valence-electron chi connectivity index (χ3n) is 7.24. The van der Waals surface area contributed by atoms with Crippen LogP contribution in [0.2, 0.25) is 0 Å². The first-order valence-electron chi connectivity index (χ1n) is 12.0. The summed E-state index contributed by atoms with van der Waals surface area (Å²) >= 11 is 0. The van der Waals surface area contributed by atoms with Crippen LogP contribution in [0, 0.1) is 5.92 Å². The number of carbonyl (C=O) groups excluding carboxylic acids is 3. The van der Waals surface area contributed by atoms with E-state index in [0.29, 0.717) is 25.3 Å². The third-order valence-corrected chi connectivity index (χ3v) is 7.24. The molecule has 0 bridgehead atoms. The second-order valence-corrected chi connectivity index (χ2v) is 9.40. The minimum absolute atomic E-state index is 0.00323. The highest BCUT2D eigenvalue weighted by Crippen LogP contribution is 2.30. The van der Waals surface area contributed by atoms with E-state index in [1.807, 2.05) is 42.8 Å². The van der Waals surface area contributed by atoms with E-state index in [0.717, 1.165) is 48.8 Å². The van der Waals surface area contributed by atoms with Gasteiger partial charge in [0, 0.05) is 50.1 Å². The summed E-state index contributed by atoms with van der Waals surface area (Å²) in [6.07, 6.45) is 3.11. The smallest absolute Gasteiger partial charge is 0.405 e. The summed E-state index contributed by atoms with van der Waals surface area (Å²) in [5, 5.41) is 0.965. The lowest BCUT2D eigenvalue weighted by molar-refractivity contribution is -0.146. The van der Waals surface area contributed by atoms with Crippen molar-refractivity contribution < 1.29 is 23.9 Å². The first-order valence-corrected chi connectivity index (χ1v) is 12.0. The lowest BCUT2D eigenvalue weighted by Crippen LogP contribution is -2.58. The van der Waals surface area contributed by atoms with E-state index in [4.69, 9.17) is 15.2 Å². The molecule has 1 aromatic heterocycles. The Morgan fingerprint density at radius 3 is 2.47 bits per heavy atom. The molecule has 34 heavy (non-hydrogen) atoms. The van der Waals surface area contributed by atoms with E-state index in [9.17, 15) is 14.4 Å². The van der Waals surface area contributed by atoms with Gasteiger partial charge in [0.15, 0.2) is 6.10 Å². The molecule has 0 radical (unpaired) electrons. The minimum atomic E-state index is -0.918. The van der Waals surface area contributed by atoms with Crippen molar-refractivity contribution in [1.29, 1.82) is 0 Å². The Hall–Kier alpha value is -3.23. The van der Waals surface area contributed by atoms with Crippen LogP contribution < -0.4 is 10.5 Å². The maximum absolute atomic E-state index is 13.4. The van der Waals surface area contributed by atoms with Crippen molar-refractivity contribution in [3.05, 3.63) is 30.0 Å². The molecule has 1 aliphatic heterocycles. The number of carbonyl (C=O) groups is 3. The number of benzene rings is 1. The van der Waals surface area contributed by atoms with Crippen molar-refractivity contribution in [3.63, 3.8) is 0 Å². The Balaban J connectivity index is 1.47. The molecule has 2 fully saturated rings. The van der Waals surface area contributed by atoms with E-state index in [1.54, 1.807) is 16.9 Å². The molecule has 1 unspecified atom stereocenters. The lowest BCUT2D eigenvalue weighted by atomic mass is 9.84. The molecule has 1 saturated heterocycles. The van der Waals surface area contributed by atoms with Crippen LogP contribution >= 0.6 is 0 Å².